The maximum absolute atomic E-state index is 8.84. The van der Waals surface area contributed by atoms with Crippen LogP contribution in [0, 0.1) is 22.7 Å². The third-order valence-corrected chi connectivity index (χ3v) is 9.19. The number of thioether (sulfide) groups is 4. The van der Waals surface area contributed by atoms with Crippen molar-refractivity contribution in [2.45, 2.75) is 0 Å². The standard InChI is InChI=1S/C24H18N2S4/c1-27-23-24(28-2)30-22(29-23)14-20-11-7-18(8-12-20)4-3-17-5-9-19(10-6-17)13-21(15-25)16-26/h3-14H,1-2H3/b4-3+. The Balaban J connectivity index is 1.64. The Bertz CT molecular complexity index is 1080. The van der Waals surface area contributed by atoms with Gasteiger partial charge in [-0.1, -0.05) is 84.2 Å². The third-order valence-electron chi connectivity index (χ3n) is 4.10. The summed E-state index contributed by atoms with van der Waals surface area (Å²) in [6, 6.07) is 20.0. The van der Waals surface area contributed by atoms with Gasteiger partial charge in [0, 0.05) is 0 Å². The molecule has 0 aliphatic carbocycles. The minimum absolute atomic E-state index is 0.105. The Hall–Kier alpha value is -2.22. The second-order valence-corrected chi connectivity index (χ2v) is 10.6. The van der Waals surface area contributed by atoms with Crippen molar-refractivity contribution in [3.05, 3.63) is 89.1 Å². The molecule has 30 heavy (non-hydrogen) atoms. The summed E-state index contributed by atoms with van der Waals surface area (Å²) in [5.41, 5.74) is 4.35. The minimum Gasteiger partial charge on any atom is -0.192 e. The Morgan fingerprint density at radius 2 is 1.17 bits per heavy atom. The van der Waals surface area contributed by atoms with Crippen LogP contribution in [-0.4, -0.2) is 12.5 Å². The molecule has 2 aromatic carbocycles. The first-order valence-corrected chi connectivity index (χ1v) is 13.0. The lowest BCUT2D eigenvalue weighted by Gasteiger charge is -2.00. The molecule has 0 spiro atoms. The SMILES string of the molecule is CSC1=C(SC)SC(=Cc2ccc(/C=C/c3ccc(C=C(C#N)C#N)cc3)cc2)S1. The number of nitrogens with zero attached hydrogens (tertiary/aromatic N) is 2. The van der Waals surface area contributed by atoms with Gasteiger partial charge in [0.25, 0.3) is 0 Å². The zero-order chi connectivity index (χ0) is 21.3. The largest absolute Gasteiger partial charge is 0.192 e. The van der Waals surface area contributed by atoms with Crippen LogP contribution in [0.2, 0.25) is 0 Å². The summed E-state index contributed by atoms with van der Waals surface area (Å²) in [7, 11) is 0. The van der Waals surface area contributed by atoms with Gasteiger partial charge in [0.15, 0.2) is 0 Å². The van der Waals surface area contributed by atoms with Crippen LogP contribution >= 0.6 is 47.0 Å². The molecule has 0 N–H and O–H groups in total. The minimum atomic E-state index is 0.105. The molecule has 0 atom stereocenters. The monoisotopic (exact) mass is 462 g/mol. The second-order valence-electron chi connectivity index (χ2n) is 6.10. The lowest BCUT2D eigenvalue weighted by molar-refractivity contribution is 1.47. The Labute approximate surface area is 194 Å². The maximum atomic E-state index is 8.84. The van der Waals surface area contributed by atoms with E-state index < -0.39 is 0 Å². The molecular weight excluding hydrogens is 445 g/mol. The topological polar surface area (TPSA) is 47.6 Å². The highest BCUT2D eigenvalue weighted by Gasteiger charge is 2.19. The fraction of sp³-hybridized carbons (Fsp3) is 0.0833. The molecule has 0 amide bonds. The van der Waals surface area contributed by atoms with E-state index in [0.717, 1.165) is 16.7 Å². The molecule has 1 heterocycles. The molecule has 6 heteroatoms. The Morgan fingerprint density at radius 3 is 1.60 bits per heavy atom. The molecule has 3 rings (SSSR count). The number of hydrogen-bond donors (Lipinski definition) is 0. The van der Waals surface area contributed by atoms with Gasteiger partial charge in [0.2, 0.25) is 0 Å². The van der Waals surface area contributed by atoms with Gasteiger partial charge in [0.05, 0.1) is 12.7 Å². The molecule has 0 saturated carbocycles. The molecule has 2 nitrogen and oxygen atoms in total. The quantitative estimate of drug-likeness (QED) is 0.321. The van der Waals surface area contributed by atoms with E-state index in [1.54, 1.807) is 6.08 Å². The van der Waals surface area contributed by atoms with Crippen molar-refractivity contribution in [2.24, 2.45) is 0 Å². The van der Waals surface area contributed by atoms with Gasteiger partial charge in [-0.2, -0.15) is 10.5 Å². The van der Waals surface area contributed by atoms with Crippen LogP contribution in [0.4, 0.5) is 0 Å². The zero-order valence-electron chi connectivity index (χ0n) is 16.5. The van der Waals surface area contributed by atoms with Gasteiger partial charge >= 0.3 is 0 Å². The van der Waals surface area contributed by atoms with Gasteiger partial charge in [-0.15, -0.1) is 23.5 Å². The van der Waals surface area contributed by atoms with Crippen LogP contribution in [0.25, 0.3) is 24.3 Å². The molecular formula is C24H18N2S4. The van der Waals surface area contributed by atoms with Gasteiger partial charge < -0.3 is 0 Å². The van der Waals surface area contributed by atoms with Crippen molar-refractivity contribution in [2.75, 3.05) is 12.5 Å². The fourth-order valence-corrected chi connectivity index (χ4v) is 7.53. The Morgan fingerprint density at radius 1 is 0.733 bits per heavy atom. The van der Waals surface area contributed by atoms with Gasteiger partial charge in [0.1, 0.15) is 17.7 Å². The molecule has 1 aliphatic heterocycles. The molecule has 0 saturated heterocycles. The summed E-state index contributed by atoms with van der Waals surface area (Å²) >= 11 is 7.32. The number of allylic oxidation sites excluding steroid dienone is 1. The predicted octanol–water partition coefficient (Wildman–Crippen LogP) is 7.92. The van der Waals surface area contributed by atoms with Crippen molar-refractivity contribution >= 4 is 71.4 Å². The smallest absolute Gasteiger partial charge is 0.130 e. The number of rotatable bonds is 6. The molecule has 1 aliphatic rings. The third kappa shape index (κ3) is 6.14. The average Bonchev–Trinajstić information content (AvgIpc) is 3.19. The summed E-state index contributed by atoms with van der Waals surface area (Å²) in [6.45, 7) is 0. The van der Waals surface area contributed by atoms with E-state index in [2.05, 4.69) is 55.0 Å². The van der Waals surface area contributed by atoms with E-state index in [1.807, 2.05) is 83.5 Å². The molecule has 0 radical (unpaired) electrons. The first-order valence-electron chi connectivity index (χ1n) is 8.95. The number of benzene rings is 2. The highest BCUT2D eigenvalue weighted by Crippen LogP contribution is 2.56. The maximum Gasteiger partial charge on any atom is 0.130 e. The van der Waals surface area contributed by atoms with Crippen molar-refractivity contribution in [1.29, 1.82) is 10.5 Å². The van der Waals surface area contributed by atoms with Crippen molar-refractivity contribution < 1.29 is 0 Å². The summed E-state index contributed by atoms with van der Waals surface area (Å²) < 4.78 is 4.09. The fourth-order valence-electron chi connectivity index (χ4n) is 2.59. The molecule has 148 valence electrons. The van der Waals surface area contributed by atoms with Crippen molar-refractivity contribution in [1.82, 2.24) is 0 Å². The van der Waals surface area contributed by atoms with Crippen LogP contribution in [0.1, 0.15) is 22.3 Å². The van der Waals surface area contributed by atoms with Crippen LogP contribution in [-0.2, 0) is 0 Å². The van der Waals surface area contributed by atoms with Crippen LogP contribution in [0.3, 0.4) is 0 Å². The highest BCUT2D eigenvalue weighted by atomic mass is 32.3. The summed E-state index contributed by atoms with van der Waals surface area (Å²) in [5.74, 6) is 0. The Kier molecular flexibility index (Phi) is 8.42. The van der Waals surface area contributed by atoms with E-state index in [0.29, 0.717) is 0 Å². The second kappa shape index (κ2) is 11.2. The summed E-state index contributed by atoms with van der Waals surface area (Å²) in [5, 5.41) is 17.7. The normalized spacial score (nSPS) is 13.3. The first-order chi connectivity index (χ1) is 14.6. The van der Waals surface area contributed by atoms with E-state index in [-0.39, 0.29) is 5.57 Å². The number of nitriles is 2. The van der Waals surface area contributed by atoms with Gasteiger partial charge in [-0.3, -0.25) is 0 Å². The van der Waals surface area contributed by atoms with E-state index in [9.17, 15) is 0 Å². The van der Waals surface area contributed by atoms with Crippen LogP contribution in [0.15, 0.2) is 66.8 Å². The van der Waals surface area contributed by atoms with Gasteiger partial charge in [-0.25, -0.2) is 0 Å². The molecule has 0 unspecified atom stereocenters. The molecule has 0 fully saturated rings. The average molecular weight is 463 g/mol. The summed E-state index contributed by atoms with van der Waals surface area (Å²) in [6.07, 6.45) is 12.2. The van der Waals surface area contributed by atoms with Crippen LogP contribution < -0.4 is 0 Å². The van der Waals surface area contributed by atoms with Crippen molar-refractivity contribution in [3.63, 3.8) is 0 Å². The molecule has 0 bridgehead atoms. The molecule has 2 aromatic rings. The zero-order valence-corrected chi connectivity index (χ0v) is 19.7. The lowest BCUT2D eigenvalue weighted by Crippen LogP contribution is -1.78. The predicted molar refractivity (Wildman–Crippen MR) is 138 cm³/mol. The lowest BCUT2D eigenvalue weighted by atomic mass is 10.1. The highest BCUT2D eigenvalue weighted by molar-refractivity contribution is 8.40. The number of hydrogen-bond acceptors (Lipinski definition) is 6. The molecule has 0 aromatic heterocycles. The van der Waals surface area contributed by atoms with Crippen LogP contribution in [0.5, 0.6) is 0 Å². The van der Waals surface area contributed by atoms with Crippen molar-refractivity contribution in [3.8, 4) is 12.1 Å². The van der Waals surface area contributed by atoms with Gasteiger partial charge in [-0.05, 0) is 46.9 Å². The summed E-state index contributed by atoms with van der Waals surface area (Å²) in [4.78, 5) is 0. The van der Waals surface area contributed by atoms with E-state index in [4.69, 9.17) is 10.5 Å². The first kappa shape index (κ1) is 22.5. The van der Waals surface area contributed by atoms with E-state index >= 15 is 0 Å². The van der Waals surface area contributed by atoms with E-state index in [1.165, 1.54) is 18.3 Å².